The van der Waals surface area contributed by atoms with E-state index in [2.05, 4.69) is 29.0 Å². The van der Waals surface area contributed by atoms with Crippen molar-refractivity contribution in [2.24, 2.45) is 5.92 Å². The topological polar surface area (TPSA) is 67.6 Å². The molecule has 11 heavy (non-hydrogen) atoms. The van der Waals surface area contributed by atoms with Gasteiger partial charge < -0.3 is 5.73 Å². The second kappa shape index (κ2) is 3.37. The van der Waals surface area contributed by atoms with E-state index in [4.69, 9.17) is 5.73 Å². The van der Waals surface area contributed by atoms with E-state index in [1.807, 2.05) is 0 Å². The second-order valence-electron chi connectivity index (χ2n) is 3.07. The lowest BCUT2D eigenvalue weighted by Crippen LogP contribution is -1.94. The molecule has 0 unspecified atom stereocenters. The van der Waals surface area contributed by atoms with Crippen LogP contribution in [0, 0.1) is 5.92 Å². The predicted octanol–water partition coefficient (Wildman–Crippen LogP) is 0.975. The molecule has 0 radical (unpaired) electrons. The lowest BCUT2D eigenvalue weighted by molar-refractivity contribution is 0.575. The van der Waals surface area contributed by atoms with Gasteiger partial charge in [0.05, 0.1) is 0 Å². The fraction of sp³-hybridized carbons (Fsp3) is 0.714. The summed E-state index contributed by atoms with van der Waals surface area (Å²) in [6, 6.07) is 0. The summed E-state index contributed by atoms with van der Waals surface area (Å²) in [5, 5.41) is 6.51. The Balaban J connectivity index is 2.39. The van der Waals surface area contributed by atoms with Gasteiger partial charge in [-0.1, -0.05) is 13.8 Å². The van der Waals surface area contributed by atoms with Gasteiger partial charge in [-0.3, -0.25) is 5.10 Å². The average molecular weight is 154 g/mol. The molecule has 1 heterocycles. The Morgan fingerprint density at radius 3 is 2.73 bits per heavy atom. The van der Waals surface area contributed by atoms with Crippen LogP contribution in [-0.4, -0.2) is 15.2 Å². The summed E-state index contributed by atoms with van der Waals surface area (Å²) in [4.78, 5) is 3.99. The molecule has 0 aliphatic rings. The first-order chi connectivity index (χ1) is 5.18. The van der Waals surface area contributed by atoms with Crippen molar-refractivity contribution in [1.82, 2.24) is 15.2 Å². The van der Waals surface area contributed by atoms with Crippen molar-refractivity contribution in [2.75, 3.05) is 5.73 Å². The molecule has 0 saturated carbocycles. The second-order valence-corrected chi connectivity index (χ2v) is 3.07. The third-order valence-electron chi connectivity index (χ3n) is 1.51. The highest BCUT2D eigenvalue weighted by atomic mass is 15.3. The van der Waals surface area contributed by atoms with Gasteiger partial charge in [-0.25, -0.2) is 0 Å². The number of anilines is 1. The number of nitrogens with zero attached hydrogens (tertiary/aromatic N) is 2. The highest BCUT2D eigenvalue weighted by Crippen LogP contribution is 2.04. The summed E-state index contributed by atoms with van der Waals surface area (Å²) in [5.41, 5.74) is 5.33. The van der Waals surface area contributed by atoms with Crippen LogP contribution in [0.5, 0.6) is 0 Å². The van der Waals surface area contributed by atoms with Crippen LogP contribution >= 0.6 is 0 Å². The first kappa shape index (κ1) is 8.04. The Kier molecular flexibility index (Phi) is 2.46. The lowest BCUT2D eigenvalue weighted by atomic mass is 10.1. The molecule has 0 amide bonds. The Morgan fingerprint density at radius 1 is 1.55 bits per heavy atom. The number of aromatic nitrogens is 3. The lowest BCUT2D eigenvalue weighted by Gasteiger charge is -1.99. The minimum atomic E-state index is 0.337. The van der Waals surface area contributed by atoms with Crippen LogP contribution in [0.15, 0.2) is 0 Å². The van der Waals surface area contributed by atoms with E-state index in [1.165, 1.54) is 0 Å². The molecule has 0 spiro atoms. The number of aromatic amines is 1. The van der Waals surface area contributed by atoms with E-state index < -0.39 is 0 Å². The van der Waals surface area contributed by atoms with Crippen molar-refractivity contribution in [3.8, 4) is 0 Å². The molecule has 1 rings (SSSR count). The molecule has 3 N–H and O–H groups in total. The third kappa shape index (κ3) is 2.57. The van der Waals surface area contributed by atoms with Crippen molar-refractivity contribution in [1.29, 1.82) is 0 Å². The van der Waals surface area contributed by atoms with Gasteiger partial charge >= 0.3 is 0 Å². The largest absolute Gasteiger partial charge is 0.367 e. The number of hydrogen-bond donors (Lipinski definition) is 2. The quantitative estimate of drug-likeness (QED) is 0.681. The number of rotatable bonds is 3. The minimum absolute atomic E-state index is 0.337. The summed E-state index contributed by atoms with van der Waals surface area (Å²) in [7, 11) is 0. The molecule has 0 aliphatic carbocycles. The first-order valence-electron chi connectivity index (χ1n) is 3.85. The highest BCUT2D eigenvalue weighted by Gasteiger charge is 2.00. The molecule has 62 valence electrons. The summed E-state index contributed by atoms with van der Waals surface area (Å²) in [5.74, 6) is 1.92. The monoisotopic (exact) mass is 154 g/mol. The van der Waals surface area contributed by atoms with Crippen LogP contribution in [0.25, 0.3) is 0 Å². The highest BCUT2D eigenvalue weighted by molar-refractivity contribution is 5.12. The van der Waals surface area contributed by atoms with Gasteiger partial charge in [0.1, 0.15) is 5.82 Å². The fourth-order valence-corrected chi connectivity index (χ4v) is 0.847. The maximum atomic E-state index is 5.33. The van der Waals surface area contributed by atoms with Gasteiger partial charge in [0.15, 0.2) is 0 Å². The van der Waals surface area contributed by atoms with E-state index in [9.17, 15) is 0 Å². The standard InChI is InChI=1S/C7H14N4/c1-5(2)3-4-6-9-7(8)11-10-6/h5H,3-4H2,1-2H3,(H3,8,9,10,11). The van der Waals surface area contributed by atoms with Crippen LogP contribution < -0.4 is 5.73 Å². The van der Waals surface area contributed by atoms with Gasteiger partial charge in [0.2, 0.25) is 5.95 Å². The van der Waals surface area contributed by atoms with Gasteiger partial charge in [-0.05, 0) is 12.3 Å². The van der Waals surface area contributed by atoms with E-state index in [1.54, 1.807) is 0 Å². The van der Waals surface area contributed by atoms with E-state index in [0.29, 0.717) is 11.9 Å². The van der Waals surface area contributed by atoms with Crippen LogP contribution in [0.2, 0.25) is 0 Å². The van der Waals surface area contributed by atoms with Gasteiger partial charge in [0, 0.05) is 6.42 Å². The van der Waals surface area contributed by atoms with Crippen molar-refractivity contribution in [3.05, 3.63) is 5.82 Å². The molecular formula is C7H14N4. The maximum absolute atomic E-state index is 5.33. The molecule has 0 bridgehead atoms. The zero-order valence-corrected chi connectivity index (χ0v) is 6.96. The van der Waals surface area contributed by atoms with Crippen LogP contribution in [0.1, 0.15) is 26.1 Å². The Labute approximate surface area is 66.2 Å². The Bertz CT molecular complexity index is 216. The van der Waals surface area contributed by atoms with Gasteiger partial charge in [-0.15, -0.1) is 5.10 Å². The summed E-state index contributed by atoms with van der Waals surface area (Å²) in [6.07, 6.45) is 2.05. The minimum Gasteiger partial charge on any atom is -0.367 e. The van der Waals surface area contributed by atoms with E-state index in [-0.39, 0.29) is 0 Å². The van der Waals surface area contributed by atoms with Crippen molar-refractivity contribution < 1.29 is 0 Å². The summed E-state index contributed by atoms with van der Waals surface area (Å²) in [6.45, 7) is 4.36. The smallest absolute Gasteiger partial charge is 0.239 e. The number of hydrogen-bond acceptors (Lipinski definition) is 3. The first-order valence-corrected chi connectivity index (χ1v) is 3.85. The van der Waals surface area contributed by atoms with Crippen molar-refractivity contribution in [3.63, 3.8) is 0 Å². The number of nitrogen functional groups attached to an aromatic ring is 1. The van der Waals surface area contributed by atoms with E-state index in [0.717, 1.165) is 18.7 Å². The molecule has 1 aromatic heterocycles. The van der Waals surface area contributed by atoms with E-state index >= 15 is 0 Å². The Hall–Kier alpha value is -1.06. The van der Waals surface area contributed by atoms with Crippen LogP contribution in [0.3, 0.4) is 0 Å². The molecule has 1 aromatic rings. The normalized spacial score (nSPS) is 10.8. The Morgan fingerprint density at radius 2 is 2.27 bits per heavy atom. The molecule has 0 atom stereocenters. The molecule has 0 aromatic carbocycles. The number of nitrogens with two attached hydrogens (primary N) is 1. The molecule has 0 fully saturated rings. The van der Waals surface area contributed by atoms with Gasteiger partial charge in [0.25, 0.3) is 0 Å². The average Bonchev–Trinajstić information content (AvgIpc) is 2.31. The molecule has 0 saturated heterocycles. The van der Waals surface area contributed by atoms with Gasteiger partial charge in [-0.2, -0.15) is 4.98 Å². The van der Waals surface area contributed by atoms with Crippen molar-refractivity contribution in [2.45, 2.75) is 26.7 Å². The SMILES string of the molecule is CC(C)CCc1nc(N)n[nH]1. The molecule has 4 heteroatoms. The zero-order chi connectivity index (χ0) is 8.27. The molecule has 4 nitrogen and oxygen atoms in total. The molecule has 0 aliphatic heterocycles. The fourth-order valence-electron chi connectivity index (χ4n) is 0.847. The van der Waals surface area contributed by atoms with Crippen LogP contribution in [0.4, 0.5) is 5.95 Å². The summed E-state index contributed by atoms with van der Waals surface area (Å²) < 4.78 is 0. The summed E-state index contributed by atoms with van der Waals surface area (Å²) >= 11 is 0. The number of nitrogens with one attached hydrogen (secondary N) is 1. The molecular weight excluding hydrogens is 140 g/mol. The van der Waals surface area contributed by atoms with Crippen LogP contribution in [-0.2, 0) is 6.42 Å². The van der Waals surface area contributed by atoms with Crippen molar-refractivity contribution >= 4 is 5.95 Å². The predicted molar refractivity (Wildman–Crippen MR) is 44.0 cm³/mol. The number of aryl methyl sites for hydroxylation is 1. The third-order valence-corrected chi connectivity index (χ3v) is 1.51. The number of H-pyrrole nitrogens is 1. The zero-order valence-electron chi connectivity index (χ0n) is 6.96. The maximum Gasteiger partial charge on any atom is 0.239 e.